The molecule has 0 atom stereocenters. The van der Waals surface area contributed by atoms with Crippen LogP contribution in [0, 0.1) is 0 Å². The van der Waals surface area contributed by atoms with E-state index in [9.17, 15) is 37.1 Å². The van der Waals surface area contributed by atoms with Gasteiger partial charge in [-0.3, -0.25) is 19.5 Å². The third kappa shape index (κ3) is 6.77. The summed E-state index contributed by atoms with van der Waals surface area (Å²) in [6.07, 6.45) is -5.05. The Labute approximate surface area is 212 Å². The number of aldehydes is 1. The second kappa shape index (κ2) is 10.8. The fourth-order valence-electron chi connectivity index (χ4n) is 3.67. The standard InChI is InChI=1S/C22H23F3N6O7/c1-21(2,28-20(36)37)17(33)29-7-9-30(10-8-29)18(34)26-16-5-6-31(19(35)27-16)14-4-3-13(12-32)15(11-14)38-22(23,24)25/h3-6,11-12,28H,7-10H2,1-2H3,(H,36,37)(H,26,27,34,35). The number of halogens is 3. The number of carboxylic acid groups (broad SMARTS) is 1. The van der Waals surface area contributed by atoms with Crippen LogP contribution >= 0.6 is 0 Å². The molecule has 16 heteroatoms. The predicted molar refractivity (Wildman–Crippen MR) is 124 cm³/mol. The van der Waals surface area contributed by atoms with E-state index in [0.717, 1.165) is 16.7 Å². The van der Waals surface area contributed by atoms with Crippen molar-refractivity contribution in [3.63, 3.8) is 0 Å². The van der Waals surface area contributed by atoms with Gasteiger partial charge in [-0.25, -0.2) is 14.4 Å². The summed E-state index contributed by atoms with van der Waals surface area (Å²) in [7, 11) is 0. The van der Waals surface area contributed by atoms with E-state index in [1.807, 2.05) is 0 Å². The minimum absolute atomic E-state index is 0.0636. The fraction of sp³-hybridized carbons (Fsp3) is 0.364. The van der Waals surface area contributed by atoms with Crippen molar-refractivity contribution < 1.29 is 42.2 Å². The molecule has 1 aromatic carbocycles. The van der Waals surface area contributed by atoms with Gasteiger partial charge in [0.1, 0.15) is 17.1 Å². The highest BCUT2D eigenvalue weighted by Crippen LogP contribution is 2.27. The molecule has 0 saturated carbocycles. The number of alkyl halides is 3. The molecular formula is C22H23F3N6O7. The zero-order valence-electron chi connectivity index (χ0n) is 20.1. The van der Waals surface area contributed by atoms with Crippen LogP contribution in [0.2, 0.25) is 0 Å². The van der Waals surface area contributed by atoms with Gasteiger partial charge in [-0.05, 0) is 32.0 Å². The summed E-state index contributed by atoms with van der Waals surface area (Å²) in [6, 6.07) is 3.77. The van der Waals surface area contributed by atoms with Gasteiger partial charge >= 0.3 is 24.2 Å². The van der Waals surface area contributed by atoms with Crippen LogP contribution in [0.1, 0.15) is 24.2 Å². The highest BCUT2D eigenvalue weighted by molar-refractivity contribution is 5.90. The molecule has 0 bridgehead atoms. The second-order valence-corrected chi connectivity index (χ2v) is 8.62. The van der Waals surface area contributed by atoms with Crippen molar-refractivity contribution in [3.05, 3.63) is 46.5 Å². The molecule has 1 aromatic heterocycles. The van der Waals surface area contributed by atoms with Crippen LogP contribution in [-0.2, 0) is 4.79 Å². The summed E-state index contributed by atoms with van der Waals surface area (Å²) in [5.74, 6) is -1.37. The number of carbonyl (C=O) groups is 4. The van der Waals surface area contributed by atoms with Crippen LogP contribution in [-0.4, -0.2) is 86.9 Å². The third-order valence-corrected chi connectivity index (χ3v) is 5.47. The quantitative estimate of drug-likeness (QED) is 0.466. The average molecular weight is 540 g/mol. The topological polar surface area (TPSA) is 163 Å². The maximum absolute atomic E-state index is 12.7. The van der Waals surface area contributed by atoms with E-state index < -0.39 is 41.4 Å². The molecule has 0 unspecified atom stereocenters. The monoisotopic (exact) mass is 540 g/mol. The first-order chi connectivity index (χ1) is 17.7. The maximum Gasteiger partial charge on any atom is 0.573 e. The number of aromatic nitrogens is 2. The summed E-state index contributed by atoms with van der Waals surface area (Å²) in [6.45, 7) is 3.40. The smallest absolute Gasteiger partial charge is 0.465 e. The first kappa shape index (κ1) is 27.9. The van der Waals surface area contributed by atoms with Gasteiger partial charge in [0.05, 0.1) is 11.3 Å². The minimum atomic E-state index is -5.06. The Hall–Kier alpha value is -4.63. The first-order valence-electron chi connectivity index (χ1n) is 11.0. The van der Waals surface area contributed by atoms with Crippen LogP contribution in [0.15, 0.2) is 35.3 Å². The lowest BCUT2D eigenvalue weighted by Gasteiger charge is -2.38. The van der Waals surface area contributed by atoms with Gasteiger partial charge in [0.25, 0.3) is 0 Å². The number of carbonyl (C=O) groups excluding carboxylic acids is 3. The van der Waals surface area contributed by atoms with Crippen molar-refractivity contribution in [1.29, 1.82) is 0 Å². The number of ether oxygens (including phenoxy) is 1. The lowest BCUT2D eigenvalue weighted by molar-refractivity contribution is -0.274. The van der Waals surface area contributed by atoms with E-state index in [1.165, 1.54) is 42.0 Å². The molecule has 1 aliphatic rings. The molecule has 204 valence electrons. The summed E-state index contributed by atoms with van der Waals surface area (Å²) in [5, 5.41) is 13.5. The van der Waals surface area contributed by atoms with Gasteiger partial charge in [0, 0.05) is 38.4 Å². The molecule has 3 rings (SSSR count). The van der Waals surface area contributed by atoms with Crippen molar-refractivity contribution >= 4 is 30.1 Å². The summed E-state index contributed by atoms with van der Waals surface area (Å²) >= 11 is 0. The summed E-state index contributed by atoms with van der Waals surface area (Å²) < 4.78 is 42.7. The Morgan fingerprint density at radius 3 is 2.26 bits per heavy atom. The number of hydrogen-bond donors (Lipinski definition) is 3. The number of amides is 4. The van der Waals surface area contributed by atoms with Crippen LogP contribution in [0.3, 0.4) is 0 Å². The first-order valence-corrected chi connectivity index (χ1v) is 11.0. The molecule has 0 spiro atoms. The lowest BCUT2D eigenvalue weighted by Crippen LogP contribution is -2.60. The molecule has 38 heavy (non-hydrogen) atoms. The molecule has 0 radical (unpaired) electrons. The maximum atomic E-state index is 12.7. The van der Waals surface area contributed by atoms with Crippen LogP contribution in [0.25, 0.3) is 5.69 Å². The van der Waals surface area contributed by atoms with Gasteiger partial charge in [0.2, 0.25) is 5.91 Å². The molecule has 2 heterocycles. The Kier molecular flexibility index (Phi) is 7.93. The van der Waals surface area contributed by atoms with Gasteiger partial charge in [-0.1, -0.05) is 0 Å². The molecule has 13 nitrogen and oxygen atoms in total. The second-order valence-electron chi connectivity index (χ2n) is 8.62. The number of hydrogen-bond acceptors (Lipinski definition) is 7. The highest BCUT2D eigenvalue weighted by Gasteiger charge is 2.36. The number of nitrogens with one attached hydrogen (secondary N) is 2. The van der Waals surface area contributed by atoms with Crippen molar-refractivity contribution in [2.45, 2.75) is 25.7 Å². The number of piperazine rings is 1. The van der Waals surface area contributed by atoms with E-state index in [-0.39, 0.29) is 49.5 Å². The summed E-state index contributed by atoms with van der Waals surface area (Å²) in [5.41, 5.74) is -2.72. The summed E-state index contributed by atoms with van der Waals surface area (Å²) in [4.78, 5) is 66.1. The van der Waals surface area contributed by atoms with Gasteiger partial charge in [-0.15, -0.1) is 13.2 Å². The number of nitrogens with zero attached hydrogens (tertiary/aromatic N) is 4. The zero-order chi connectivity index (χ0) is 28.3. The van der Waals surface area contributed by atoms with E-state index in [2.05, 4.69) is 20.4 Å². The molecule has 1 fully saturated rings. The Bertz CT molecular complexity index is 1300. The molecular weight excluding hydrogens is 517 g/mol. The molecule has 2 aromatic rings. The number of rotatable bonds is 6. The predicted octanol–water partition coefficient (Wildman–Crippen LogP) is 1.67. The molecule has 3 N–H and O–H groups in total. The Balaban J connectivity index is 1.66. The number of urea groups is 1. The van der Waals surface area contributed by atoms with Crippen molar-refractivity contribution in [1.82, 2.24) is 24.7 Å². The largest absolute Gasteiger partial charge is 0.573 e. The van der Waals surface area contributed by atoms with Gasteiger partial charge < -0.3 is 25.0 Å². The molecule has 4 amide bonds. The van der Waals surface area contributed by atoms with Crippen molar-refractivity contribution in [3.8, 4) is 11.4 Å². The van der Waals surface area contributed by atoms with Gasteiger partial charge in [-0.2, -0.15) is 4.98 Å². The average Bonchev–Trinajstić information content (AvgIpc) is 2.82. The van der Waals surface area contributed by atoms with Crippen molar-refractivity contribution in [2.24, 2.45) is 0 Å². The fourth-order valence-corrected chi connectivity index (χ4v) is 3.67. The van der Waals surface area contributed by atoms with Crippen LogP contribution in [0.4, 0.5) is 28.6 Å². The third-order valence-electron chi connectivity index (χ3n) is 5.47. The Morgan fingerprint density at radius 1 is 1.08 bits per heavy atom. The minimum Gasteiger partial charge on any atom is -0.465 e. The number of benzene rings is 1. The molecule has 0 aliphatic carbocycles. The van der Waals surface area contributed by atoms with E-state index in [1.54, 1.807) is 0 Å². The number of anilines is 1. The van der Waals surface area contributed by atoms with E-state index in [0.29, 0.717) is 0 Å². The van der Waals surface area contributed by atoms with E-state index >= 15 is 0 Å². The molecule has 1 aliphatic heterocycles. The van der Waals surface area contributed by atoms with Gasteiger partial charge in [0.15, 0.2) is 6.29 Å². The van der Waals surface area contributed by atoms with Crippen LogP contribution < -0.4 is 21.1 Å². The highest BCUT2D eigenvalue weighted by atomic mass is 19.4. The zero-order valence-corrected chi connectivity index (χ0v) is 20.1. The molecule has 1 saturated heterocycles. The van der Waals surface area contributed by atoms with Crippen molar-refractivity contribution in [2.75, 3.05) is 31.5 Å². The Morgan fingerprint density at radius 2 is 1.71 bits per heavy atom. The lowest BCUT2D eigenvalue weighted by atomic mass is 10.0. The normalized spacial score (nSPS) is 14.0. The van der Waals surface area contributed by atoms with E-state index in [4.69, 9.17) is 5.11 Å². The SMILES string of the molecule is CC(C)(NC(=O)O)C(=O)N1CCN(C(=O)Nc2ccn(-c3ccc(C=O)c(OC(F)(F)F)c3)c(=O)n2)CC1. The van der Waals surface area contributed by atoms with Crippen LogP contribution in [0.5, 0.6) is 5.75 Å².